The molecule has 5 heteroatoms. The number of benzene rings is 1. The van der Waals surface area contributed by atoms with E-state index in [0.717, 1.165) is 67.3 Å². The first-order valence-electron chi connectivity index (χ1n) is 9.22. The number of aromatic nitrogens is 2. The molecule has 0 radical (unpaired) electrons. The Balaban J connectivity index is 1.95. The van der Waals surface area contributed by atoms with Crippen LogP contribution in [0.3, 0.4) is 0 Å². The van der Waals surface area contributed by atoms with Crippen molar-refractivity contribution < 1.29 is 4.79 Å². The summed E-state index contributed by atoms with van der Waals surface area (Å²) in [6.07, 6.45) is 0.783. The number of nitrogens with zero attached hydrogens (tertiary/aromatic N) is 4. The topological polar surface area (TPSA) is 41.4 Å². The Morgan fingerprint density at radius 2 is 1.76 bits per heavy atom. The van der Waals surface area contributed by atoms with Gasteiger partial charge in [-0.05, 0) is 38.4 Å². The summed E-state index contributed by atoms with van der Waals surface area (Å²) in [6.45, 7) is 12.8. The monoisotopic (exact) mass is 340 g/mol. The van der Waals surface area contributed by atoms with Crippen LogP contribution in [0.5, 0.6) is 0 Å². The molecule has 1 aliphatic heterocycles. The molecule has 134 valence electrons. The second-order valence-corrected chi connectivity index (χ2v) is 6.69. The molecule has 0 N–H and O–H groups in total. The van der Waals surface area contributed by atoms with Crippen molar-refractivity contribution in [2.24, 2.45) is 0 Å². The van der Waals surface area contributed by atoms with Gasteiger partial charge in [-0.2, -0.15) is 5.10 Å². The van der Waals surface area contributed by atoms with Gasteiger partial charge in [0.05, 0.1) is 22.6 Å². The summed E-state index contributed by atoms with van der Waals surface area (Å²) in [7, 11) is 0. The smallest absolute Gasteiger partial charge is 0.257 e. The molecule has 0 aliphatic carbocycles. The number of hydrogen-bond donors (Lipinski definition) is 0. The standard InChI is InChI=1S/C20H28N4O/c1-5-17-19(20(25)23-13-11-22(6-2)12-14-23)16(4)21-24(17)18-10-8-7-9-15(18)3/h7-10H,5-6,11-14H2,1-4H3. The third-order valence-corrected chi connectivity index (χ3v) is 5.16. The van der Waals surface area contributed by atoms with Gasteiger partial charge in [0.1, 0.15) is 0 Å². The largest absolute Gasteiger partial charge is 0.336 e. The van der Waals surface area contributed by atoms with Gasteiger partial charge in [-0.15, -0.1) is 0 Å². The molecule has 0 unspecified atom stereocenters. The molecule has 3 rings (SSSR count). The van der Waals surface area contributed by atoms with E-state index in [4.69, 9.17) is 5.10 Å². The molecule has 0 spiro atoms. The van der Waals surface area contributed by atoms with Crippen LogP contribution in [-0.4, -0.2) is 58.2 Å². The average Bonchev–Trinajstić information content (AvgIpc) is 2.97. The summed E-state index contributed by atoms with van der Waals surface area (Å²) in [5.41, 5.74) is 4.83. The Morgan fingerprint density at radius 3 is 2.36 bits per heavy atom. The quantitative estimate of drug-likeness (QED) is 0.859. The molecule has 1 amide bonds. The molecule has 1 fully saturated rings. The summed E-state index contributed by atoms with van der Waals surface area (Å²) in [5.74, 6) is 0.130. The predicted molar refractivity (Wildman–Crippen MR) is 100 cm³/mol. The molecular weight excluding hydrogens is 312 g/mol. The minimum Gasteiger partial charge on any atom is -0.336 e. The molecule has 1 aliphatic rings. The lowest BCUT2D eigenvalue weighted by Crippen LogP contribution is -2.48. The van der Waals surface area contributed by atoms with Gasteiger partial charge in [0.15, 0.2) is 0 Å². The molecule has 5 nitrogen and oxygen atoms in total. The maximum atomic E-state index is 13.2. The first kappa shape index (κ1) is 17.7. The fraction of sp³-hybridized carbons (Fsp3) is 0.500. The van der Waals surface area contributed by atoms with Crippen LogP contribution >= 0.6 is 0 Å². The van der Waals surface area contributed by atoms with E-state index in [0.29, 0.717) is 0 Å². The first-order chi connectivity index (χ1) is 12.1. The number of carbonyl (C=O) groups is 1. The van der Waals surface area contributed by atoms with Gasteiger partial charge in [-0.1, -0.05) is 32.0 Å². The van der Waals surface area contributed by atoms with Crippen LogP contribution in [0, 0.1) is 13.8 Å². The molecular formula is C20H28N4O. The third kappa shape index (κ3) is 3.33. The second kappa shape index (κ2) is 7.40. The van der Waals surface area contributed by atoms with Crippen molar-refractivity contribution in [2.75, 3.05) is 32.7 Å². The summed E-state index contributed by atoms with van der Waals surface area (Å²) >= 11 is 0. The molecule has 1 aromatic carbocycles. The van der Waals surface area contributed by atoms with Crippen molar-refractivity contribution >= 4 is 5.91 Å². The zero-order chi connectivity index (χ0) is 18.0. The fourth-order valence-corrected chi connectivity index (χ4v) is 3.61. The lowest BCUT2D eigenvalue weighted by molar-refractivity contribution is 0.0641. The summed E-state index contributed by atoms with van der Waals surface area (Å²) < 4.78 is 1.96. The number of rotatable bonds is 4. The number of likely N-dealkylation sites (N-methyl/N-ethyl adjacent to an activating group) is 1. The highest BCUT2D eigenvalue weighted by molar-refractivity contribution is 5.96. The number of carbonyl (C=O) groups excluding carboxylic acids is 1. The number of aryl methyl sites for hydroxylation is 2. The predicted octanol–water partition coefficient (Wildman–Crippen LogP) is 2.83. The summed E-state index contributed by atoms with van der Waals surface area (Å²) in [5, 5.41) is 4.72. The molecule has 25 heavy (non-hydrogen) atoms. The maximum Gasteiger partial charge on any atom is 0.257 e. The zero-order valence-corrected chi connectivity index (χ0v) is 15.7. The third-order valence-electron chi connectivity index (χ3n) is 5.16. The Bertz CT molecular complexity index is 757. The zero-order valence-electron chi connectivity index (χ0n) is 15.7. The number of hydrogen-bond acceptors (Lipinski definition) is 3. The van der Waals surface area contributed by atoms with Crippen LogP contribution in [0.1, 0.15) is 41.2 Å². The van der Waals surface area contributed by atoms with E-state index in [-0.39, 0.29) is 5.91 Å². The number of piperazine rings is 1. The van der Waals surface area contributed by atoms with Gasteiger partial charge < -0.3 is 9.80 Å². The van der Waals surface area contributed by atoms with E-state index in [1.54, 1.807) is 0 Å². The van der Waals surface area contributed by atoms with E-state index < -0.39 is 0 Å². The van der Waals surface area contributed by atoms with Crippen molar-refractivity contribution in [2.45, 2.75) is 34.1 Å². The van der Waals surface area contributed by atoms with Gasteiger partial charge in [-0.25, -0.2) is 4.68 Å². The van der Waals surface area contributed by atoms with E-state index in [9.17, 15) is 4.79 Å². The van der Waals surface area contributed by atoms with Crippen LogP contribution in [0.2, 0.25) is 0 Å². The minimum atomic E-state index is 0.130. The lowest BCUT2D eigenvalue weighted by atomic mass is 10.1. The Morgan fingerprint density at radius 1 is 1.08 bits per heavy atom. The van der Waals surface area contributed by atoms with Gasteiger partial charge in [0, 0.05) is 26.2 Å². The van der Waals surface area contributed by atoms with Crippen molar-refractivity contribution in [1.82, 2.24) is 19.6 Å². The van der Waals surface area contributed by atoms with Crippen molar-refractivity contribution in [3.8, 4) is 5.69 Å². The van der Waals surface area contributed by atoms with E-state index >= 15 is 0 Å². The Hall–Kier alpha value is -2.14. The normalized spacial score (nSPS) is 15.6. The molecule has 2 aromatic rings. The van der Waals surface area contributed by atoms with Crippen molar-refractivity contribution in [3.05, 3.63) is 46.8 Å². The Labute approximate surface area is 150 Å². The summed E-state index contributed by atoms with van der Waals surface area (Å²) in [4.78, 5) is 17.5. The lowest BCUT2D eigenvalue weighted by Gasteiger charge is -2.34. The van der Waals surface area contributed by atoms with Crippen LogP contribution in [0.25, 0.3) is 5.69 Å². The van der Waals surface area contributed by atoms with E-state index in [1.807, 2.05) is 28.6 Å². The molecule has 0 saturated carbocycles. The number of para-hydroxylation sites is 1. The highest BCUT2D eigenvalue weighted by atomic mass is 16.2. The second-order valence-electron chi connectivity index (χ2n) is 6.69. The number of amides is 1. The highest BCUT2D eigenvalue weighted by Crippen LogP contribution is 2.23. The average molecular weight is 340 g/mol. The van der Waals surface area contributed by atoms with Gasteiger partial charge in [0.25, 0.3) is 5.91 Å². The molecule has 0 bridgehead atoms. The molecule has 1 saturated heterocycles. The van der Waals surface area contributed by atoms with Crippen LogP contribution in [0.4, 0.5) is 0 Å². The Kier molecular flexibility index (Phi) is 5.23. The highest BCUT2D eigenvalue weighted by Gasteiger charge is 2.27. The van der Waals surface area contributed by atoms with Crippen LogP contribution in [-0.2, 0) is 6.42 Å². The van der Waals surface area contributed by atoms with Crippen LogP contribution in [0.15, 0.2) is 24.3 Å². The van der Waals surface area contributed by atoms with Gasteiger partial charge >= 0.3 is 0 Å². The molecule has 0 atom stereocenters. The van der Waals surface area contributed by atoms with E-state index in [1.165, 1.54) is 0 Å². The SMILES string of the molecule is CCc1c(C(=O)N2CCN(CC)CC2)c(C)nn1-c1ccccc1C. The minimum absolute atomic E-state index is 0.130. The van der Waals surface area contributed by atoms with Gasteiger partial charge in [-0.3, -0.25) is 4.79 Å². The summed E-state index contributed by atoms with van der Waals surface area (Å²) in [6, 6.07) is 8.19. The van der Waals surface area contributed by atoms with Crippen molar-refractivity contribution in [1.29, 1.82) is 0 Å². The maximum absolute atomic E-state index is 13.2. The van der Waals surface area contributed by atoms with E-state index in [2.05, 4.69) is 37.8 Å². The van der Waals surface area contributed by atoms with Crippen molar-refractivity contribution in [3.63, 3.8) is 0 Å². The van der Waals surface area contributed by atoms with Crippen LogP contribution < -0.4 is 0 Å². The van der Waals surface area contributed by atoms with Gasteiger partial charge in [0.2, 0.25) is 0 Å². The molecule has 1 aromatic heterocycles. The fourth-order valence-electron chi connectivity index (χ4n) is 3.61. The molecule has 2 heterocycles. The first-order valence-corrected chi connectivity index (χ1v) is 9.22.